The van der Waals surface area contributed by atoms with Crippen molar-refractivity contribution in [2.45, 2.75) is 44.9 Å². The van der Waals surface area contributed by atoms with Gasteiger partial charge in [0.05, 0.1) is 5.41 Å². The first-order chi connectivity index (χ1) is 12.2. The SMILES string of the molecule is CCNCC1CCN(C(=O)C2(c3ccc(C)cc3)CCOCC2)CC1.Cl. The summed E-state index contributed by atoms with van der Waals surface area (Å²) in [6.07, 6.45) is 3.82. The molecule has 26 heavy (non-hydrogen) atoms. The molecule has 5 heteroatoms. The molecule has 146 valence electrons. The minimum absolute atomic E-state index is 0. The maximum atomic E-state index is 13.5. The maximum Gasteiger partial charge on any atom is 0.233 e. The molecular formula is C21H33ClN2O2. The van der Waals surface area contributed by atoms with Crippen LogP contribution >= 0.6 is 12.4 Å². The Morgan fingerprint density at radius 1 is 1.19 bits per heavy atom. The fourth-order valence-corrected chi connectivity index (χ4v) is 4.21. The monoisotopic (exact) mass is 380 g/mol. The van der Waals surface area contributed by atoms with E-state index in [1.807, 2.05) is 0 Å². The smallest absolute Gasteiger partial charge is 0.233 e. The molecular weight excluding hydrogens is 348 g/mol. The molecule has 1 N–H and O–H groups in total. The van der Waals surface area contributed by atoms with Gasteiger partial charge in [-0.2, -0.15) is 0 Å². The Bertz CT molecular complexity index is 562. The summed E-state index contributed by atoms with van der Waals surface area (Å²) < 4.78 is 5.59. The normalized spacial score (nSPS) is 20.5. The summed E-state index contributed by atoms with van der Waals surface area (Å²) in [5.41, 5.74) is 2.02. The van der Waals surface area contributed by atoms with E-state index in [4.69, 9.17) is 4.74 Å². The third-order valence-corrected chi connectivity index (χ3v) is 5.94. The van der Waals surface area contributed by atoms with E-state index in [9.17, 15) is 4.79 Å². The zero-order valence-electron chi connectivity index (χ0n) is 16.1. The number of nitrogens with zero attached hydrogens (tertiary/aromatic N) is 1. The highest BCUT2D eigenvalue weighted by Crippen LogP contribution is 2.38. The topological polar surface area (TPSA) is 41.6 Å². The summed E-state index contributed by atoms with van der Waals surface area (Å²) in [5.74, 6) is 1.02. The minimum atomic E-state index is -0.388. The molecule has 0 radical (unpaired) electrons. The molecule has 0 saturated carbocycles. The lowest BCUT2D eigenvalue weighted by molar-refractivity contribution is -0.142. The van der Waals surface area contributed by atoms with E-state index in [-0.39, 0.29) is 17.8 Å². The molecule has 0 aromatic heterocycles. The first kappa shape index (κ1) is 21.2. The molecule has 1 amide bonds. The third-order valence-electron chi connectivity index (χ3n) is 5.94. The van der Waals surface area contributed by atoms with Crippen LogP contribution in [-0.2, 0) is 14.9 Å². The number of carbonyl (C=O) groups is 1. The first-order valence-electron chi connectivity index (χ1n) is 9.80. The fourth-order valence-electron chi connectivity index (χ4n) is 4.21. The molecule has 1 aromatic rings. The van der Waals surface area contributed by atoms with E-state index >= 15 is 0 Å². The van der Waals surface area contributed by atoms with E-state index in [1.165, 1.54) is 11.1 Å². The van der Waals surface area contributed by atoms with Crippen LogP contribution in [0.4, 0.5) is 0 Å². The summed E-state index contributed by atoms with van der Waals surface area (Å²) in [7, 11) is 0. The van der Waals surface area contributed by atoms with Crippen LogP contribution in [-0.4, -0.2) is 50.2 Å². The van der Waals surface area contributed by atoms with Crippen molar-refractivity contribution < 1.29 is 9.53 Å². The highest BCUT2D eigenvalue weighted by Gasteiger charge is 2.44. The fraction of sp³-hybridized carbons (Fsp3) is 0.667. The molecule has 3 rings (SSSR count). The van der Waals surface area contributed by atoms with Gasteiger partial charge in [-0.15, -0.1) is 12.4 Å². The maximum absolute atomic E-state index is 13.5. The number of halogens is 1. The Balaban J connectivity index is 0.00000243. The van der Waals surface area contributed by atoms with Crippen molar-refractivity contribution >= 4 is 18.3 Å². The van der Waals surface area contributed by atoms with Gasteiger partial charge in [0.2, 0.25) is 5.91 Å². The summed E-state index contributed by atoms with van der Waals surface area (Å²) in [6.45, 7) is 9.48. The predicted octanol–water partition coefficient (Wildman–Crippen LogP) is 3.31. The lowest BCUT2D eigenvalue weighted by Crippen LogP contribution is -2.52. The van der Waals surface area contributed by atoms with E-state index in [2.05, 4.69) is 48.3 Å². The van der Waals surface area contributed by atoms with Crippen molar-refractivity contribution in [1.82, 2.24) is 10.2 Å². The number of hydrogen-bond donors (Lipinski definition) is 1. The number of carbonyl (C=O) groups excluding carboxylic acids is 1. The largest absolute Gasteiger partial charge is 0.381 e. The zero-order chi connectivity index (χ0) is 17.7. The van der Waals surface area contributed by atoms with Gasteiger partial charge in [-0.1, -0.05) is 36.8 Å². The minimum Gasteiger partial charge on any atom is -0.381 e. The average Bonchev–Trinajstić information content (AvgIpc) is 2.67. The Hall–Kier alpha value is -1.10. The Labute approximate surface area is 164 Å². The highest BCUT2D eigenvalue weighted by atomic mass is 35.5. The van der Waals surface area contributed by atoms with Gasteiger partial charge in [0.15, 0.2) is 0 Å². The van der Waals surface area contributed by atoms with Gasteiger partial charge < -0.3 is 15.0 Å². The summed E-state index contributed by atoms with van der Waals surface area (Å²) in [4.78, 5) is 15.7. The molecule has 0 unspecified atom stereocenters. The van der Waals surface area contributed by atoms with Crippen LogP contribution in [0.2, 0.25) is 0 Å². The quantitative estimate of drug-likeness (QED) is 0.852. The van der Waals surface area contributed by atoms with E-state index < -0.39 is 0 Å². The van der Waals surface area contributed by atoms with Crippen LogP contribution < -0.4 is 5.32 Å². The van der Waals surface area contributed by atoms with Crippen LogP contribution in [0.25, 0.3) is 0 Å². The second-order valence-corrected chi connectivity index (χ2v) is 7.60. The Morgan fingerprint density at radius 3 is 2.38 bits per heavy atom. The second-order valence-electron chi connectivity index (χ2n) is 7.60. The van der Waals surface area contributed by atoms with Crippen molar-refractivity contribution in [2.75, 3.05) is 39.4 Å². The second kappa shape index (κ2) is 9.72. The average molecular weight is 381 g/mol. The number of rotatable bonds is 5. The number of nitrogens with one attached hydrogen (secondary N) is 1. The van der Waals surface area contributed by atoms with E-state index in [1.54, 1.807) is 0 Å². The number of piperidine rings is 1. The highest BCUT2D eigenvalue weighted by molar-refractivity contribution is 5.88. The lowest BCUT2D eigenvalue weighted by atomic mass is 9.72. The summed E-state index contributed by atoms with van der Waals surface area (Å²) in [6, 6.07) is 8.55. The first-order valence-corrected chi connectivity index (χ1v) is 9.80. The van der Waals surface area contributed by atoms with Gasteiger partial charge in [-0.05, 0) is 57.2 Å². The van der Waals surface area contributed by atoms with Gasteiger partial charge >= 0.3 is 0 Å². The van der Waals surface area contributed by atoms with Crippen LogP contribution in [0, 0.1) is 12.8 Å². The van der Waals surface area contributed by atoms with Crippen LogP contribution in [0.15, 0.2) is 24.3 Å². The van der Waals surface area contributed by atoms with Gasteiger partial charge in [-0.25, -0.2) is 0 Å². The number of hydrogen-bond acceptors (Lipinski definition) is 3. The molecule has 1 aromatic carbocycles. The predicted molar refractivity (Wildman–Crippen MR) is 108 cm³/mol. The summed E-state index contributed by atoms with van der Waals surface area (Å²) >= 11 is 0. The molecule has 2 aliphatic rings. The van der Waals surface area contributed by atoms with Gasteiger partial charge in [0, 0.05) is 26.3 Å². The lowest BCUT2D eigenvalue weighted by Gasteiger charge is -2.42. The van der Waals surface area contributed by atoms with Crippen molar-refractivity contribution in [1.29, 1.82) is 0 Å². The Kier molecular flexibility index (Phi) is 7.93. The molecule has 0 aliphatic carbocycles. The Morgan fingerprint density at radius 2 is 1.81 bits per heavy atom. The van der Waals surface area contributed by atoms with Crippen molar-refractivity contribution in [2.24, 2.45) is 5.92 Å². The molecule has 4 nitrogen and oxygen atoms in total. The van der Waals surface area contributed by atoms with Gasteiger partial charge in [-0.3, -0.25) is 4.79 Å². The van der Waals surface area contributed by atoms with E-state index in [0.29, 0.717) is 25.0 Å². The molecule has 0 spiro atoms. The molecule has 0 atom stereocenters. The number of likely N-dealkylation sites (tertiary alicyclic amines) is 1. The standard InChI is InChI=1S/C21H32N2O2.ClH/c1-3-22-16-18-8-12-23(13-9-18)20(24)21(10-14-25-15-11-21)19-6-4-17(2)5-7-19;/h4-7,18,22H,3,8-16H2,1-2H3;1H. The zero-order valence-corrected chi connectivity index (χ0v) is 16.9. The van der Waals surface area contributed by atoms with Gasteiger partial charge in [0.25, 0.3) is 0 Å². The van der Waals surface area contributed by atoms with E-state index in [0.717, 1.165) is 51.9 Å². The van der Waals surface area contributed by atoms with Crippen molar-refractivity contribution in [3.8, 4) is 0 Å². The molecule has 2 fully saturated rings. The molecule has 2 heterocycles. The van der Waals surface area contributed by atoms with Crippen molar-refractivity contribution in [3.63, 3.8) is 0 Å². The number of benzene rings is 1. The third kappa shape index (κ3) is 4.59. The number of amides is 1. The summed E-state index contributed by atoms with van der Waals surface area (Å²) in [5, 5.41) is 3.44. The van der Waals surface area contributed by atoms with Crippen molar-refractivity contribution in [3.05, 3.63) is 35.4 Å². The van der Waals surface area contributed by atoms with Gasteiger partial charge in [0.1, 0.15) is 0 Å². The van der Waals surface area contributed by atoms with Crippen LogP contribution in [0.5, 0.6) is 0 Å². The molecule has 0 bridgehead atoms. The number of ether oxygens (including phenoxy) is 1. The number of aryl methyl sites for hydroxylation is 1. The van der Waals surface area contributed by atoms with Crippen LogP contribution in [0.1, 0.15) is 43.7 Å². The molecule has 2 aliphatic heterocycles. The van der Waals surface area contributed by atoms with Crippen LogP contribution in [0.3, 0.4) is 0 Å². The molecule has 2 saturated heterocycles.